The molecular weight excluding hydrogens is 375 g/mol. The van der Waals surface area contributed by atoms with E-state index >= 15 is 0 Å². The number of anilines is 1. The van der Waals surface area contributed by atoms with Crippen molar-refractivity contribution in [1.82, 2.24) is 10.2 Å². The molecule has 8 heteroatoms. The van der Waals surface area contributed by atoms with Crippen molar-refractivity contribution in [3.8, 4) is 5.75 Å². The Labute approximate surface area is 159 Å². The van der Waals surface area contributed by atoms with Gasteiger partial charge in [0.25, 0.3) is 5.56 Å². The number of ether oxygens (including phenoxy) is 1. The molecule has 0 saturated carbocycles. The number of aromatic amines is 1. The SMILES string of the molecule is O=c1[nH]ncc(N/N=C\c2cccc(OCc3ccc(Cl)cc3)c2)c1Cl. The van der Waals surface area contributed by atoms with Crippen LogP contribution in [0.5, 0.6) is 5.75 Å². The molecule has 3 rings (SSSR count). The van der Waals surface area contributed by atoms with E-state index in [1.165, 1.54) is 6.20 Å². The predicted molar refractivity (Wildman–Crippen MR) is 103 cm³/mol. The van der Waals surface area contributed by atoms with E-state index in [-0.39, 0.29) is 5.02 Å². The molecule has 1 heterocycles. The second-order valence-electron chi connectivity index (χ2n) is 5.28. The molecule has 0 aliphatic heterocycles. The fourth-order valence-electron chi connectivity index (χ4n) is 2.07. The fraction of sp³-hybridized carbons (Fsp3) is 0.0556. The van der Waals surface area contributed by atoms with Gasteiger partial charge in [-0.1, -0.05) is 47.5 Å². The van der Waals surface area contributed by atoms with Gasteiger partial charge < -0.3 is 4.74 Å². The standard InChI is InChI=1S/C18H14Cl2N4O2/c19-14-6-4-12(5-7-14)11-26-15-3-1-2-13(8-15)9-21-23-16-10-22-24-18(25)17(16)20/h1-10H,11H2,(H2,23,24,25)/b21-9-. The molecule has 0 unspecified atom stereocenters. The highest BCUT2D eigenvalue weighted by Crippen LogP contribution is 2.17. The van der Waals surface area contributed by atoms with Crippen LogP contribution in [-0.2, 0) is 6.61 Å². The van der Waals surface area contributed by atoms with Gasteiger partial charge in [0.2, 0.25) is 0 Å². The Morgan fingerprint density at radius 3 is 2.81 bits per heavy atom. The summed E-state index contributed by atoms with van der Waals surface area (Å²) in [5, 5.41) is 10.6. The molecule has 0 aliphatic carbocycles. The quantitative estimate of drug-likeness (QED) is 0.492. The summed E-state index contributed by atoms with van der Waals surface area (Å²) in [6, 6.07) is 14.9. The summed E-state index contributed by atoms with van der Waals surface area (Å²) in [7, 11) is 0. The van der Waals surface area contributed by atoms with Crippen LogP contribution in [0.3, 0.4) is 0 Å². The molecule has 2 aromatic carbocycles. The lowest BCUT2D eigenvalue weighted by Gasteiger charge is -2.07. The first kappa shape index (κ1) is 18.0. The Kier molecular flexibility index (Phi) is 5.88. The van der Waals surface area contributed by atoms with E-state index in [1.54, 1.807) is 6.21 Å². The van der Waals surface area contributed by atoms with Crippen molar-refractivity contribution in [2.24, 2.45) is 5.10 Å². The maximum atomic E-state index is 11.4. The highest BCUT2D eigenvalue weighted by Gasteiger charge is 2.03. The summed E-state index contributed by atoms with van der Waals surface area (Å²) in [5.41, 5.74) is 4.37. The number of nitrogens with one attached hydrogen (secondary N) is 2. The van der Waals surface area contributed by atoms with E-state index in [4.69, 9.17) is 27.9 Å². The summed E-state index contributed by atoms with van der Waals surface area (Å²) < 4.78 is 5.77. The van der Waals surface area contributed by atoms with Gasteiger partial charge in [-0.05, 0) is 35.4 Å². The molecule has 1 aromatic heterocycles. The van der Waals surface area contributed by atoms with Crippen molar-refractivity contribution >= 4 is 35.1 Å². The van der Waals surface area contributed by atoms with Crippen LogP contribution in [0.1, 0.15) is 11.1 Å². The highest BCUT2D eigenvalue weighted by atomic mass is 35.5. The van der Waals surface area contributed by atoms with Crippen molar-refractivity contribution in [1.29, 1.82) is 0 Å². The van der Waals surface area contributed by atoms with Crippen LogP contribution in [0.4, 0.5) is 5.69 Å². The van der Waals surface area contributed by atoms with Crippen LogP contribution in [0.15, 0.2) is 64.6 Å². The minimum absolute atomic E-state index is 0.00259. The van der Waals surface area contributed by atoms with Crippen LogP contribution in [0.2, 0.25) is 10.0 Å². The summed E-state index contributed by atoms with van der Waals surface area (Å²) in [6.07, 6.45) is 2.97. The average Bonchev–Trinajstić information content (AvgIpc) is 2.65. The van der Waals surface area contributed by atoms with E-state index in [2.05, 4.69) is 20.7 Å². The molecular formula is C18H14Cl2N4O2. The Hall–Kier alpha value is -2.83. The number of nitrogens with zero attached hydrogens (tertiary/aromatic N) is 2. The molecule has 0 atom stereocenters. The Bertz CT molecular complexity index is 971. The van der Waals surface area contributed by atoms with E-state index in [1.807, 2.05) is 48.5 Å². The lowest BCUT2D eigenvalue weighted by Crippen LogP contribution is -2.10. The number of aromatic nitrogens is 2. The first-order valence-corrected chi connectivity index (χ1v) is 8.37. The van der Waals surface area contributed by atoms with Crippen LogP contribution in [0.25, 0.3) is 0 Å². The number of benzene rings is 2. The molecule has 0 amide bonds. The minimum Gasteiger partial charge on any atom is -0.489 e. The molecule has 6 nitrogen and oxygen atoms in total. The van der Waals surface area contributed by atoms with Gasteiger partial charge in [-0.2, -0.15) is 10.2 Å². The zero-order chi connectivity index (χ0) is 18.4. The molecule has 0 spiro atoms. The fourth-order valence-corrected chi connectivity index (χ4v) is 2.33. The summed E-state index contributed by atoms with van der Waals surface area (Å²) in [6.45, 7) is 0.435. The topological polar surface area (TPSA) is 79.4 Å². The lowest BCUT2D eigenvalue weighted by molar-refractivity contribution is 0.306. The maximum absolute atomic E-state index is 11.4. The minimum atomic E-state index is -0.482. The van der Waals surface area contributed by atoms with Gasteiger partial charge in [-0.25, -0.2) is 5.10 Å². The van der Waals surface area contributed by atoms with Crippen LogP contribution in [0, 0.1) is 0 Å². The van der Waals surface area contributed by atoms with Crippen LogP contribution >= 0.6 is 23.2 Å². The first-order valence-electron chi connectivity index (χ1n) is 7.61. The molecule has 132 valence electrons. The number of hydrogen-bond donors (Lipinski definition) is 2. The van der Waals surface area contributed by atoms with Gasteiger partial charge in [-0.15, -0.1) is 0 Å². The van der Waals surface area contributed by atoms with Gasteiger partial charge in [0.15, 0.2) is 0 Å². The number of halogens is 2. The summed E-state index contributed by atoms with van der Waals surface area (Å²) in [5.74, 6) is 0.708. The third-order valence-electron chi connectivity index (χ3n) is 3.37. The number of hydrogen-bond acceptors (Lipinski definition) is 5. The van der Waals surface area contributed by atoms with Crippen LogP contribution < -0.4 is 15.7 Å². The van der Waals surface area contributed by atoms with Gasteiger partial charge in [-0.3, -0.25) is 10.2 Å². The Morgan fingerprint density at radius 2 is 2.00 bits per heavy atom. The van der Waals surface area contributed by atoms with E-state index in [0.717, 1.165) is 11.1 Å². The third-order valence-corrected chi connectivity index (χ3v) is 4.00. The van der Waals surface area contributed by atoms with Crippen molar-refractivity contribution in [3.63, 3.8) is 0 Å². The van der Waals surface area contributed by atoms with E-state index in [0.29, 0.717) is 23.1 Å². The lowest BCUT2D eigenvalue weighted by atomic mass is 10.2. The number of hydrazone groups is 1. The van der Waals surface area contributed by atoms with Crippen molar-refractivity contribution in [2.45, 2.75) is 6.61 Å². The zero-order valence-corrected chi connectivity index (χ0v) is 15.0. The van der Waals surface area contributed by atoms with Crippen molar-refractivity contribution in [3.05, 3.63) is 86.3 Å². The van der Waals surface area contributed by atoms with Crippen molar-refractivity contribution < 1.29 is 4.74 Å². The van der Waals surface area contributed by atoms with Gasteiger partial charge in [0.05, 0.1) is 12.4 Å². The second kappa shape index (κ2) is 8.51. The van der Waals surface area contributed by atoms with E-state index in [9.17, 15) is 4.79 Å². The number of rotatable bonds is 6. The average molecular weight is 389 g/mol. The van der Waals surface area contributed by atoms with Crippen molar-refractivity contribution in [2.75, 3.05) is 5.43 Å². The monoisotopic (exact) mass is 388 g/mol. The van der Waals surface area contributed by atoms with E-state index < -0.39 is 5.56 Å². The maximum Gasteiger partial charge on any atom is 0.285 e. The Morgan fingerprint density at radius 1 is 1.19 bits per heavy atom. The first-order chi connectivity index (χ1) is 12.6. The Balaban J connectivity index is 1.62. The zero-order valence-electron chi connectivity index (χ0n) is 13.4. The molecule has 0 saturated heterocycles. The van der Waals surface area contributed by atoms with Gasteiger partial charge >= 0.3 is 0 Å². The largest absolute Gasteiger partial charge is 0.489 e. The summed E-state index contributed by atoms with van der Waals surface area (Å²) >= 11 is 11.7. The molecule has 2 N–H and O–H groups in total. The molecule has 3 aromatic rings. The van der Waals surface area contributed by atoms with Gasteiger partial charge in [0, 0.05) is 5.02 Å². The normalized spacial score (nSPS) is 10.8. The predicted octanol–water partition coefficient (Wildman–Crippen LogP) is 4.10. The smallest absolute Gasteiger partial charge is 0.285 e. The summed E-state index contributed by atoms with van der Waals surface area (Å²) in [4.78, 5) is 11.4. The highest BCUT2D eigenvalue weighted by molar-refractivity contribution is 6.32. The van der Waals surface area contributed by atoms with Gasteiger partial charge in [0.1, 0.15) is 23.1 Å². The third kappa shape index (κ3) is 4.84. The van der Waals surface area contributed by atoms with Crippen LogP contribution in [-0.4, -0.2) is 16.4 Å². The molecule has 26 heavy (non-hydrogen) atoms. The second-order valence-corrected chi connectivity index (χ2v) is 6.10. The number of H-pyrrole nitrogens is 1. The molecule has 0 aliphatic rings. The molecule has 0 radical (unpaired) electrons. The molecule has 0 fully saturated rings. The molecule has 0 bridgehead atoms.